The third kappa shape index (κ3) is 3.39. The van der Waals surface area contributed by atoms with Gasteiger partial charge < -0.3 is 9.88 Å². The number of rotatable bonds is 4. The van der Waals surface area contributed by atoms with Crippen LogP contribution in [0.1, 0.15) is 75.1 Å². The molecule has 3 nitrogen and oxygen atoms in total. The molecule has 0 radical (unpaired) electrons. The van der Waals surface area contributed by atoms with Crippen molar-refractivity contribution in [2.75, 3.05) is 0 Å². The summed E-state index contributed by atoms with van der Waals surface area (Å²) in [5.41, 5.74) is 2.31. The summed E-state index contributed by atoms with van der Waals surface area (Å²) in [6.07, 6.45) is 11.4. The summed E-state index contributed by atoms with van der Waals surface area (Å²) >= 11 is 0. The number of hydrogen-bond donors (Lipinski definition) is 1. The van der Waals surface area contributed by atoms with Gasteiger partial charge in [-0.3, -0.25) is 4.79 Å². The number of aromatic nitrogens is 1. The van der Waals surface area contributed by atoms with Gasteiger partial charge in [0, 0.05) is 29.9 Å². The largest absolute Gasteiger partial charge is 0.310 e. The molecule has 2 aliphatic carbocycles. The summed E-state index contributed by atoms with van der Waals surface area (Å²) in [7, 11) is 0. The second kappa shape index (κ2) is 6.78. The summed E-state index contributed by atoms with van der Waals surface area (Å²) in [6.45, 7) is 2.81. The molecule has 0 amide bonds. The SMILES string of the molecule is Cc1ccc(CNC2CCCC2)c(=O)n1C1CCCCC1. The van der Waals surface area contributed by atoms with Crippen molar-refractivity contribution in [1.82, 2.24) is 9.88 Å². The Balaban J connectivity index is 1.76. The maximum absolute atomic E-state index is 12.8. The Bertz CT molecular complexity index is 523. The van der Waals surface area contributed by atoms with Gasteiger partial charge in [-0.05, 0) is 38.7 Å². The lowest BCUT2D eigenvalue weighted by atomic mass is 9.94. The number of nitrogens with one attached hydrogen (secondary N) is 1. The first-order chi connectivity index (χ1) is 10.3. The van der Waals surface area contributed by atoms with E-state index in [9.17, 15) is 4.79 Å². The van der Waals surface area contributed by atoms with Crippen LogP contribution in [0.3, 0.4) is 0 Å². The standard InChI is InChI=1S/C18H28N2O/c1-14-11-12-15(13-19-16-7-5-6-8-16)18(21)20(14)17-9-3-2-4-10-17/h11-12,16-17,19H,2-10,13H2,1H3. The van der Waals surface area contributed by atoms with Crippen LogP contribution in [0.15, 0.2) is 16.9 Å². The van der Waals surface area contributed by atoms with E-state index in [0.717, 1.165) is 17.8 Å². The van der Waals surface area contributed by atoms with Gasteiger partial charge >= 0.3 is 0 Å². The minimum atomic E-state index is 0.243. The van der Waals surface area contributed by atoms with E-state index in [1.165, 1.54) is 57.8 Å². The molecule has 0 saturated heterocycles. The average molecular weight is 288 g/mol. The van der Waals surface area contributed by atoms with Crippen LogP contribution < -0.4 is 10.9 Å². The van der Waals surface area contributed by atoms with E-state index in [1.807, 2.05) is 6.07 Å². The number of hydrogen-bond acceptors (Lipinski definition) is 2. The lowest BCUT2D eigenvalue weighted by molar-refractivity contribution is 0.340. The second-order valence-electron chi connectivity index (χ2n) is 6.83. The molecular weight excluding hydrogens is 260 g/mol. The van der Waals surface area contributed by atoms with E-state index in [1.54, 1.807) is 0 Å². The first-order valence-electron chi connectivity index (χ1n) is 8.70. The molecule has 0 unspecified atom stereocenters. The van der Waals surface area contributed by atoms with Gasteiger partial charge in [0.25, 0.3) is 5.56 Å². The lowest BCUT2D eigenvalue weighted by Crippen LogP contribution is -2.34. The summed E-state index contributed by atoms with van der Waals surface area (Å²) in [5.74, 6) is 0. The summed E-state index contributed by atoms with van der Waals surface area (Å²) < 4.78 is 2.07. The monoisotopic (exact) mass is 288 g/mol. The second-order valence-corrected chi connectivity index (χ2v) is 6.83. The molecule has 0 spiro atoms. The minimum Gasteiger partial charge on any atom is -0.310 e. The van der Waals surface area contributed by atoms with Gasteiger partial charge in [0.1, 0.15) is 0 Å². The van der Waals surface area contributed by atoms with Gasteiger partial charge in [0.05, 0.1) is 0 Å². The van der Waals surface area contributed by atoms with Crippen LogP contribution in [-0.4, -0.2) is 10.6 Å². The van der Waals surface area contributed by atoms with Crippen molar-refractivity contribution in [2.24, 2.45) is 0 Å². The quantitative estimate of drug-likeness (QED) is 0.916. The zero-order valence-corrected chi connectivity index (χ0v) is 13.2. The normalized spacial score (nSPS) is 21.0. The van der Waals surface area contributed by atoms with Crippen molar-refractivity contribution >= 4 is 0 Å². The van der Waals surface area contributed by atoms with Gasteiger partial charge in [-0.1, -0.05) is 38.2 Å². The fourth-order valence-electron chi connectivity index (χ4n) is 4.00. The molecule has 1 N–H and O–H groups in total. The highest BCUT2D eigenvalue weighted by Gasteiger charge is 2.20. The fraction of sp³-hybridized carbons (Fsp3) is 0.722. The number of aryl methyl sites for hydroxylation is 1. The molecule has 0 bridgehead atoms. The summed E-state index contributed by atoms with van der Waals surface area (Å²) in [4.78, 5) is 12.8. The average Bonchev–Trinajstić information content (AvgIpc) is 3.01. The zero-order valence-electron chi connectivity index (χ0n) is 13.2. The van der Waals surface area contributed by atoms with E-state index in [4.69, 9.17) is 0 Å². The van der Waals surface area contributed by atoms with Gasteiger partial charge in [-0.25, -0.2) is 0 Å². The van der Waals surface area contributed by atoms with E-state index < -0.39 is 0 Å². The van der Waals surface area contributed by atoms with E-state index in [0.29, 0.717) is 12.1 Å². The van der Waals surface area contributed by atoms with Gasteiger partial charge in [-0.2, -0.15) is 0 Å². The molecule has 3 rings (SSSR count). The Kier molecular flexibility index (Phi) is 4.79. The Hall–Kier alpha value is -1.09. The predicted octanol–water partition coefficient (Wildman–Crippen LogP) is 3.69. The Morgan fingerprint density at radius 3 is 2.43 bits per heavy atom. The molecule has 2 fully saturated rings. The molecule has 116 valence electrons. The zero-order chi connectivity index (χ0) is 14.7. The van der Waals surface area contributed by atoms with E-state index in [-0.39, 0.29) is 5.56 Å². The predicted molar refractivity (Wildman–Crippen MR) is 86.7 cm³/mol. The van der Waals surface area contributed by atoms with Crippen LogP contribution in [0, 0.1) is 6.92 Å². The number of pyridine rings is 1. The van der Waals surface area contributed by atoms with E-state index in [2.05, 4.69) is 22.9 Å². The molecule has 0 atom stereocenters. The van der Waals surface area contributed by atoms with Crippen LogP contribution in [0.5, 0.6) is 0 Å². The maximum atomic E-state index is 12.8. The first-order valence-corrected chi connectivity index (χ1v) is 8.70. The third-order valence-electron chi connectivity index (χ3n) is 5.28. The lowest BCUT2D eigenvalue weighted by Gasteiger charge is -2.26. The van der Waals surface area contributed by atoms with Crippen LogP contribution in [-0.2, 0) is 6.54 Å². The van der Waals surface area contributed by atoms with Gasteiger partial charge in [0.2, 0.25) is 0 Å². The minimum absolute atomic E-state index is 0.243. The van der Waals surface area contributed by atoms with Crippen molar-refractivity contribution in [3.05, 3.63) is 33.7 Å². The Labute approximate surface area is 127 Å². The van der Waals surface area contributed by atoms with Crippen LogP contribution in [0.2, 0.25) is 0 Å². The first kappa shape index (κ1) is 14.8. The third-order valence-corrected chi connectivity index (χ3v) is 5.28. The van der Waals surface area contributed by atoms with Crippen molar-refractivity contribution in [3.63, 3.8) is 0 Å². The maximum Gasteiger partial charge on any atom is 0.255 e. The molecule has 3 heteroatoms. The van der Waals surface area contributed by atoms with Crippen molar-refractivity contribution in [2.45, 2.75) is 83.3 Å². The molecule has 2 aliphatic rings. The highest BCUT2D eigenvalue weighted by atomic mass is 16.1. The van der Waals surface area contributed by atoms with Crippen molar-refractivity contribution < 1.29 is 0 Å². The van der Waals surface area contributed by atoms with Crippen LogP contribution >= 0.6 is 0 Å². The number of nitrogens with zero attached hydrogens (tertiary/aromatic N) is 1. The van der Waals surface area contributed by atoms with Gasteiger partial charge in [-0.15, -0.1) is 0 Å². The highest BCUT2D eigenvalue weighted by Crippen LogP contribution is 2.28. The van der Waals surface area contributed by atoms with Gasteiger partial charge in [0.15, 0.2) is 0 Å². The molecule has 0 aromatic carbocycles. The van der Waals surface area contributed by atoms with E-state index >= 15 is 0 Å². The summed E-state index contributed by atoms with van der Waals surface area (Å²) in [6, 6.07) is 5.20. The van der Waals surface area contributed by atoms with Crippen molar-refractivity contribution in [1.29, 1.82) is 0 Å². The molecule has 1 aromatic heterocycles. The smallest absolute Gasteiger partial charge is 0.255 e. The molecule has 1 heterocycles. The highest BCUT2D eigenvalue weighted by molar-refractivity contribution is 5.16. The fourth-order valence-corrected chi connectivity index (χ4v) is 4.00. The molecule has 0 aliphatic heterocycles. The molecule has 2 saturated carbocycles. The van der Waals surface area contributed by atoms with Crippen LogP contribution in [0.4, 0.5) is 0 Å². The molecule has 21 heavy (non-hydrogen) atoms. The van der Waals surface area contributed by atoms with Crippen LogP contribution in [0.25, 0.3) is 0 Å². The van der Waals surface area contributed by atoms with Crippen molar-refractivity contribution in [3.8, 4) is 0 Å². The topological polar surface area (TPSA) is 34.0 Å². The summed E-state index contributed by atoms with van der Waals surface area (Å²) in [5, 5.41) is 3.57. The Morgan fingerprint density at radius 1 is 1.05 bits per heavy atom. The molecule has 1 aromatic rings. The molecular formula is C18H28N2O. The Morgan fingerprint density at radius 2 is 1.71 bits per heavy atom.